The van der Waals surface area contributed by atoms with Crippen molar-refractivity contribution in [2.45, 2.75) is 19.3 Å². The molecule has 1 heterocycles. The van der Waals surface area contributed by atoms with Crippen molar-refractivity contribution < 1.29 is 9.59 Å². The average molecular weight is 177 g/mol. The molecule has 1 aliphatic carbocycles. The Morgan fingerprint density at radius 1 is 1.54 bits per heavy atom. The number of hydrogen-bond donors (Lipinski definition) is 1. The van der Waals surface area contributed by atoms with Gasteiger partial charge in [0.15, 0.2) is 12.1 Å². The van der Waals surface area contributed by atoms with Gasteiger partial charge in [-0.05, 0) is 30.9 Å². The van der Waals surface area contributed by atoms with Crippen LogP contribution in [0.25, 0.3) is 0 Å². The number of carbonyl (C=O) groups is 2. The van der Waals surface area contributed by atoms with Crippen molar-refractivity contribution in [1.29, 1.82) is 0 Å². The predicted molar refractivity (Wildman–Crippen MR) is 47.9 cm³/mol. The first kappa shape index (κ1) is 8.23. The van der Waals surface area contributed by atoms with Gasteiger partial charge in [-0.2, -0.15) is 0 Å². The van der Waals surface area contributed by atoms with E-state index in [0.717, 1.165) is 0 Å². The molecule has 0 atom stereocenters. The van der Waals surface area contributed by atoms with Gasteiger partial charge in [0.2, 0.25) is 0 Å². The highest BCUT2D eigenvalue weighted by atomic mass is 16.1. The largest absolute Gasteiger partial charge is 0.350 e. The molecule has 0 radical (unpaired) electrons. The molecule has 1 aromatic rings. The number of ketones is 1. The second-order valence-corrected chi connectivity index (χ2v) is 3.52. The summed E-state index contributed by atoms with van der Waals surface area (Å²) in [4.78, 5) is 24.6. The molecule has 3 nitrogen and oxygen atoms in total. The van der Waals surface area contributed by atoms with E-state index in [1.807, 2.05) is 0 Å². The van der Waals surface area contributed by atoms with Gasteiger partial charge in [0.05, 0.1) is 11.4 Å². The molecule has 1 fully saturated rings. The third-order valence-electron chi connectivity index (χ3n) is 2.31. The Hall–Kier alpha value is -1.38. The molecule has 1 aromatic heterocycles. The van der Waals surface area contributed by atoms with Crippen molar-refractivity contribution >= 4 is 12.1 Å². The number of H-pyrrole nitrogens is 1. The summed E-state index contributed by atoms with van der Waals surface area (Å²) in [6.07, 6.45) is 3.69. The molecule has 0 aliphatic heterocycles. The number of nitrogens with one attached hydrogen (secondary N) is 1. The maximum absolute atomic E-state index is 11.5. The first-order valence-electron chi connectivity index (χ1n) is 4.47. The zero-order valence-corrected chi connectivity index (χ0v) is 7.25. The highest BCUT2D eigenvalue weighted by Gasteiger charge is 2.25. The predicted octanol–water partition coefficient (Wildman–Crippen LogP) is 1.81. The van der Waals surface area contributed by atoms with Crippen LogP contribution in [0.4, 0.5) is 0 Å². The summed E-state index contributed by atoms with van der Waals surface area (Å²) >= 11 is 0. The van der Waals surface area contributed by atoms with Gasteiger partial charge in [-0.15, -0.1) is 0 Å². The zero-order chi connectivity index (χ0) is 9.26. The number of aromatic nitrogens is 1. The molecule has 1 saturated carbocycles. The Balaban J connectivity index is 2.05. The molecule has 13 heavy (non-hydrogen) atoms. The monoisotopic (exact) mass is 177 g/mol. The molecule has 0 amide bonds. The molecule has 0 aromatic carbocycles. The number of aldehydes is 1. The first-order valence-corrected chi connectivity index (χ1v) is 4.47. The summed E-state index contributed by atoms with van der Waals surface area (Å²) in [5.41, 5.74) is 1.04. The SMILES string of the molecule is O=Cc1ccc(C(=O)CC2CC2)[nH]1. The number of rotatable bonds is 4. The Morgan fingerprint density at radius 2 is 2.31 bits per heavy atom. The van der Waals surface area contributed by atoms with Gasteiger partial charge in [0, 0.05) is 6.42 Å². The molecule has 68 valence electrons. The molecule has 0 saturated heterocycles. The minimum absolute atomic E-state index is 0.121. The molecule has 0 unspecified atom stereocenters. The van der Waals surface area contributed by atoms with Crippen LogP contribution in [0.15, 0.2) is 12.1 Å². The van der Waals surface area contributed by atoms with E-state index in [-0.39, 0.29) is 5.78 Å². The molecular weight excluding hydrogens is 166 g/mol. The number of hydrogen-bond acceptors (Lipinski definition) is 2. The van der Waals surface area contributed by atoms with E-state index >= 15 is 0 Å². The van der Waals surface area contributed by atoms with Gasteiger partial charge in [0.1, 0.15) is 0 Å². The van der Waals surface area contributed by atoms with Crippen molar-refractivity contribution in [3.05, 3.63) is 23.5 Å². The van der Waals surface area contributed by atoms with E-state index in [9.17, 15) is 9.59 Å². The lowest BCUT2D eigenvalue weighted by molar-refractivity contribution is 0.0972. The van der Waals surface area contributed by atoms with E-state index in [2.05, 4.69) is 4.98 Å². The molecule has 0 bridgehead atoms. The Bertz CT molecular complexity index is 336. The second-order valence-electron chi connectivity index (χ2n) is 3.52. The van der Waals surface area contributed by atoms with Crippen LogP contribution in [0.1, 0.15) is 40.2 Å². The lowest BCUT2D eigenvalue weighted by atomic mass is 10.1. The first-order chi connectivity index (χ1) is 6.29. The van der Waals surface area contributed by atoms with Crippen molar-refractivity contribution in [3.63, 3.8) is 0 Å². The zero-order valence-electron chi connectivity index (χ0n) is 7.25. The molecule has 1 N–H and O–H groups in total. The maximum atomic E-state index is 11.5. The van der Waals surface area contributed by atoms with Crippen LogP contribution < -0.4 is 0 Å². The third-order valence-corrected chi connectivity index (χ3v) is 2.31. The van der Waals surface area contributed by atoms with Crippen molar-refractivity contribution in [2.24, 2.45) is 5.92 Å². The molecule has 0 spiro atoms. The van der Waals surface area contributed by atoms with Crippen molar-refractivity contribution in [1.82, 2.24) is 4.98 Å². The van der Waals surface area contributed by atoms with Crippen molar-refractivity contribution in [3.8, 4) is 0 Å². The van der Waals surface area contributed by atoms with E-state index in [1.165, 1.54) is 12.8 Å². The van der Waals surface area contributed by atoms with E-state index in [0.29, 0.717) is 30.0 Å². The summed E-state index contributed by atoms with van der Waals surface area (Å²) in [5.74, 6) is 0.714. The second kappa shape index (κ2) is 3.17. The lowest BCUT2D eigenvalue weighted by Crippen LogP contribution is -2.00. The lowest BCUT2D eigenvalue weighted by Gasteiger charge is -1.94. The Kier molecular flexibility index (Phi) is 2.00. The Morgan fingerprint density at radius 3 is 2.85 bits per heavy atom. The van der Waals surface area contributed by atoms with Gasteiger partial charge in [-0.1, -0.05) is 0 Å². The van der Waals surface area contributed by atoms with E-state index in [1.54, 1.807) is 12.1 Å². The molecule has 3 heteroatoms. The Labute approximate surface area is 76.1 Å². The fourth-order valence-corrected chi connectivity index (χ4v) is 1.34. The van der Waals surface area contributed by atoms with Gasteiger partial charge >= 0.3 is 0 Å². The van der Waals surface area contributed by atoms with Crippen LogP contribution in [-0.4, -0.2) is 17.1 Å². The minimum Gasteiger partial charge on any atom is -0.350 e. The summed E-state index contributed by atoms with van der Waals surface area (Å²) in [6.45, 7) is 0. The number of Topliss-reactive ketones (excluding diaryl/α,β-unsaturated/α-hetero) is 1. The molecule has 1 aliphatic rings. The topological polar surface area (TPSA) is 49.9 Å². The highest BCUT2D eigenvalue weighted by Crippen LogP contribution is 2.33. The minimum atomic E-state index is 0.121. The van der Waals surface area contributed by atoms with Crippen molar-refractivity contribution in [2.75, 3.05) is 0 Å². The fraction of sp³-hybridized carbons (Fsp3) is 0.400. The van der Waals surface area contributed by atoms with Gasteiger partial charge < -0.3 is 4.98 Å². The molecule has 2 rings (SSSR count). The normalized spacial score (nSPS) is 15.7. The van der Waals surface area contributed by atoms with Gasteiger partial charge in [-0.25, -0.2) is 0 Å². The maximum Gasteiger partial charge on any atom is 0.179 e. The van der Waals surface area contributed by atoms with Crippen LogP contribution in [0.2, 0.25) is 0 Å². The van der Waals surface area contributed by atoms with E-state index < -0.39 is 0 Å². The van der Waals surface area contributed by atoms with Gasteiger partial charge in [0.25, 0.3) is 0 Å². The highest BCUT2D eigenvalue weighted by molar-refractivity contribution is 5.95. The van der Waals surface area contributed by atoms with Crippen LogP contribution in [0.5, 0.6) is 0 Å². The van der Waals surface area contributed by atoms with Crippen LogP contribution in [0.3, 0.4) is 0 Å². The average Bonchev–Trinajstić information content (AvgIpc) is 2.82. The van der Waals surface area contributed by atoms with Crippen LogP contribution in [0, 0.1) is 5.92 Å². The van der Waals surface area contributed by atoms with Crippen LogP contribution in [-0.2, 0) is 0 Å². The smallest absolute Gasteiger partial charge is 0.179 e. The summed E-state index contributed by atoms with van der Waals surface area (Å²) in [7, 11) is 0. The summed E-state index contributed by atoms with van der Waals surface area (Å²) in [6, 6.07) is 3.31. The fourth-order valence-electron chi connectivity index (χ4n) is 1.34. The third kappa shape index (κ3) is 1.86. The number of aromatic amines is 1. The summed E-state index contributed by atoms with van der Waals surface area (Å²) < 4.78 is 0. The standard InChI is InChI=1S/C10H11NO2/c12-6-8-3-4-9(11-8)10(13)5-7-1-2-7/h3-4,6-7,11H,1-2,5H2. The van der Waals surface area contributed by atoms with Crippen LogP contribution >= 0.6 is 0 Å². The molecular formula is C10H11NO2. The quantitative estimate of drug-likeness (QED) is 0.563. The van der Waals surface area contributed by atoms with E-state index in [4.69, 9.17) is 0 Å². The summed E-state index contributed by atoms with van der Waals surface area (Å²) in [5, 5.41) is 0. The number of carbonyl (C=O) groups excluding carboxylic acids is 2. The van der Waals surface area contributed by atoms with Gasteiger partial charge in [-0.3, -0.25) is 9.59 Å².